The Hall–Kier alpha value is -1.58. The summed E-state index contributed by atoms with van der Waals surface area (Å²) in [4.78, 5) is 4.25. The summed E-state index contributed by atoms with van der Waals surface area (Å²) in [5.41, 5.74) is 9.02. The van der Waals surface area contributed by atoms with Crippen molar-refractivity contribution in [1.29, 1.82) is 0 Å². The van der Waals surface area contributed by atoms with Gasteiger partial charge in [-0.15, -0.1) is 0 Å². The van der Waals surface area contributed by atoms with Gasteiger partial charge < -0.3 is 5.73 Å². The Morgan fingerprint density at radius 3 is 2.83 bits per heavy atom. The molecule has 0 aliphatic heterocycles. The third-order valence-electron chi connectivity index (χ3n) is 2.82. The van der Waals surface area contributed by atoms with Crippen LogP contribution in [-0.4, -0.2) is 4.98 Å². The van der Waals surface area contributed by atoms with Gasteiger partial charge in [-0.2, -0.15) is 0 Å². The topological polar surface area (TPSA) is 38.9 Å². The normalized spacial score (nSPS) is 10.9. The Morgan fingerprint density at radius 2 is 2.00 bits per heavy atom. The van der Waals surface area contributed by atoms with Gasteiger partial charge in [-0.05, 0) is 35.7 Å². The number of nitrogen functional groups attached to an aromatic ring is 1. The molecule has 2 N–H and O–H groups in total. The fourth-order valence-corrected chi connectivity index (χ4v) is 2.96. The monoisotopic (exact) mass is 274 g/mol. The average Bonchev–Trinajstić information content (AvgIpc) is 2.71. The van der Waals surface area contributed by atoms with Gasteiger partial charge in [0.25, 0.3) is 0 Å². The van der Waals surface area contributed by atoms with Gasteiger partial charge in [-0.25, -0.2) is 4.98 Å². The molecule has 2 nitrogen and oxygen atoms in total. The molecule has 0 radical (unpaired) electrons. The Balaban J connectivity index is 1.97. The minimum Gasteiger partial charge on any atom is -0.375 e. The van der Waals surface area contributed by atoms with Gasteiger partial charge in [0.15, 0.2) is 5.13 Å². The fourth-order valence-electron chi connectivity index (χ4n) is 1.96. The van der Waals surface area contributed by atoms with Gasteiger partial charge in [0.05, 0.1) is 10.2 Å². The minimum atomic E-state index is 0.611. The van der Waals surface area contributed by atoms with Gasteiger partial charge in [-0.1, -0.05) is 47.2 Å². The minimum absolute atomic E-state index is 0.611. The highest BCUT2D eigenvalue weighted by molar-refractivity contribution is 7.22. The second-order valence-corrected chi connectivity index (χ2v) is 5.59. The molecule has 3 rings (SSSR count). The molecule has 0 aliphatic rings. The van der Waals surface area contributed by atoms with Crippen LogP contribution in [0.2, 0.25) is 5.02 Å². The Kier molecular flexibility index (Phi) is 2.94. The molecule has 1 heterocycles. The van der Waals surface area contributed by atoms with Gasteiger partial charge in [-0.3, -0.25) is 0 Å². The molecule has 4 heteroatoms. The van der Waals surface area contributed by atoms with Crippen LogP contribution in [0.1, 0.15) is 11.1 Å². The van der Waals surface area contributed by atoms with E-state index in [-0.39, 0.29) is 0 Å². The van der Waals surface area contributed by atoms with Crippen LogP contribution in [0.4, 0.5) is 5.13 Å². The molecule has 3 aromatic rings. The maximum atomic E-state index is 6.17. The van der Waals surface area contributed by atoms with E-state index in [1.54, 1.807) is 0 Å². The molecule has 90 valence electrons. The zero-order valence-electron chi connectivity index (χ0n) is 9.56. The lowest BCUT2D eigenvalue weighted by molar-refractivity contribution is 1.20. The van der Waals surface area contributed by atoms with E-state index in [4.69, 9.17) is 17.3 Å². The van der Waals surface area contributed by atoms with E-state index in [0.717, 1.165) is 27.2 Å². The Labute approximate surface area is 114 Å². The maximum Gasteiger partial charge on any atom is 0.181 e. The van der Waals surface area contributed by atoms with Crippen molar-refractivity contribution in [2.45, 2.75) is 6.42 Å². The number of anilines is 1. The van der Waals surface area contributed by atoms with Crippen molar-refractivity contribution in [3.05, 3.63) is 58.6 Å². The fraction of sp³-hybridized carbons (Fsp3) is 0.0714. The van der Waals surface area contributed by atoms with Crippen LogP contribution >= 0.6 is 22.9 Å². The number of rotatable bonds is 2. The van der Waals surface area contributed by atoms with Crippen LogP contribution in [0.5, 0.6) is 0 Å². The van der Waals surface area contributed by atoms with Crippen LogP contribution in [0, 0.1) is 0 Å². The van der Waals surface area contributed by atoms with Crippen LogP contribution in [0.25, 0.3) is 10.2 Å². The molecular weight excluding hydrogens is 264 g/mol. The van der Waals surface area contributed by atoms with E-state index >= 15 is 0 Å². The number of aromatic nitrogens is 1. The van der Waals surface area contributed by atoms with Gasteiger partial charge in [0, 0.05) is 5.02 Å². The SMILES string of the molecule is Nc1nc2ccc(Cc3ccccc3Cl)cc2s1. The van der Waals surface area contributed by atoms with E-state index in [2.05, 4.69) is 17.1 Å². The van der Waals surface area contributed by atoms with Crippen molar-refractivity contribution in [2.24, 2.45) is 0 Å². The first-order chi connectivity index (χ1) is 8.72. The first kappa shape index (κ1) is 11.5. The number of nitrogens with two attached hydrogens (primary N) is 1. The van der Waals surface area contributed by atoms with E-state index in [9.17, 15) is 0 Å². The Bertz CT molecular complexity index is 706. The van der Waals surface area contributed by atoms with E-state index < -0.39 is 0 Å². The molecular formula is C14H11ClN2S. The van der Waals surface area contributed by atoms with Crippen molar-refractivity contribution >= 4 is 38.3 Å². The first-order valence-electron chi connectivity index (χ1n) is 5.61. The number of benzene rings is 2. The van der Waals surface area contributed by atoms with Crippen molar-refractivity contribution in [2.75, 3.05) is 5.73 Å². The lowest BCUT2D eigenvalue weighted by atomic mass is 10.1. The highest BCUT2D eigenvalue weighted by Crippen LogP contribution is 2.26. The number of fused-ring (bicyclic) bond motifs is 1. The van der Waals surface area contributed by atoms with Crippen LogP contribution < -0.4 is 5.73 Å². The summed E-state index contributed by atoms with van der Waals surface area (Å²) >= 11 is 7.68. The number of hydrogen-bond donors (Lipinski definition) is 1. The van der Waals surface area contributed by atoms with Gasteiger partial charge in [0.1, 0.15) is 0 Å². The molecule has 0 atom stereocenters. The van der Waals surface area contributed by atoms with Crippen molar-refractivity contribution in [3.63, 3.8) is 0 Å². The molecule has 0 aliphatic carbocycles. The number of thiazole rings is 1. The molecule has 0 unspecified atom stereocenters. The average molecular weight is 275 g/mol. The third-order valence-corrected chi connectivity index (χ3v) is 4.04. The van der Waals surface area contributed by atoms with E-state index in [1.165, 1.54) is 16.9 Å². The zero-order chi connectivity index (χ0) is 12.5. The molecule has 0 bridgehead atoms. The molecule has 1 aromatic heterocycles. The highest BCUT2D eigenvalue weighted by Gasteiger charge is 2.04. The zero-order valence-corrected chi connectivity index (χ0v) is 11.1. The summed E-state index contributed by atoms with van der Waals surface area (Å²) in [5, 5.41) is 1.42. The highest BCUT2D eigenvalue weighted by atomic mass is 35.5. The first-order valence-corrected chi connectivity index (χ1v) is 6.80. The summed E-state index contributed by atoms with van der Waals surface area (Å²) in [7, 11) is 0. The molecule has 18 heavy (non-hydrogen) atoms. The van der Waals surface area contributed by atoms with Crippen LogP contribution in [0.15, 0.2) is 42.5 Å². The Morgan fingerprint density at radius 1 is 1.17 bits per heavy atom. The molecule has 2 aromatic carbocycles. The van der Waals surface area contributed by atoms with Gasteiger partial charge >= 0.3 is 0 Å². The second-order valence-electron chi connectivity index (χ2n) is 4.12. The summed E-state index contributed by atoms with van der Waals surface area (Å²) in [6.07, 6.45) is 0.827. The maximum absolute atomic E-state index is 6.17. The summed E-state index contributed by atoms with van der Waals surface area (Å²) in [6, 6.07) is 14.1. The quantitative estimate of drug-likeness (QED) is 0.763. The summed E-state index contributed by atoms with van der Waals surface area (Å²) < 4.78 is 1.12. The van der Waals surface area contributed by atoms with Crippen molar-refractivity contribution < 1.29 is 0 Å². The molecule has 0 saturated carbocycles. The largest absolute Gasteiger partial charge is 0.375 e. The lowest BCUT2D eigenvalue weighted by Gasteiger charge is -2.04. The predicted octanol–water partition coefficient (Wildman–Crippen LogP) is 4.12. The number of hydrogen-bond acceptors (Lipinski definition) is 3. The standard InChI is InChI=1S/C14H11ClN2S/c15-11-4-2-1-3-10(11)7-9-5-6-12-13(8-9)18-14(16)17-12/h1-6,8H,7H2,(H2,16,17). The smallest absolute Gasteiger partial charge is 0.181 e. The number of halogens is 1. The van der Waals surface area contributed by atoms with Crippen molar-refractivity contribution in [1.82, 2.24) is 4.98 Å². The molecule has 0 fully saturated rings. The number of nitrogens with zero attached hydrogens (tertiary/aromatic N) is 1. The van der Waals surface area contributed by atoms with Crippen LogP contribution in [-0.2, 0) is 6.42 Å². The molecule has 0 spiro atoms. The van der Waals surface area contributed by atoms with Crippen LogP contribution in [0.3, 0.4) is 0 Å². The van der Waals surface area contributed by atoms with Crippen molar-refractivity contribution in [3.8, 4) is 0 Å². The lowest BCUT2D eigenvalue weighted by Crippen LogP contribution is -1.88. The third kappa shape index (κ3) is 2.19. The predicted molar refractivity (Wildman–Crippen MR) is 78.3 cm³/mol. The molecule has 0 saturated heterocycles. The van der Waals surface area contributed by atoms with E-state index in [0.29, 0.717) is 5.13 Å². The van der Waals surface area contributed by atoms with Gasteiger partial charge in [0.2, 0.25) is 0 Å². The summed E-state index contributed by atoms with van der Waals surface area (Å²) in [6.45, 7) is 0. The second kappa shape index (κ2) is 4.59. The summed E-state index contributed by atoms with van der Waals surface area (Å²) in [5.74, 6) is 0. The molecule has 0 amide bonds. The van der Waals surface area contributed by atoms with E-state index in [1.807, 2.05) is 30.3 Å².